The molecule has 4 fully saturated rings. The molecular weight excluding hydrogens is 717 g/mol. The van der Waals surface area contributed by atoms with E-state index in [1.165, 1.54) is 0 Å². The maximum absolute atomic E-state index is 13.8. The molecule has 2 aliphatic carbocycles. The quantitative estimate of drug-likeness (QED) is 0.140. The summed E-state index contributed by atoms with van der Waals surface area (Å²) in [6.45, 7) is 8.09. The molecule has 4 aromatic rings. The van der Waals surface area contributed by atoms with Crippen LogP contribution in [-0.4, -0.2) is 90.9 Å². The van der Waals surface area contributed by atoms with Crippen LogP contribution in [0.25, 0.3) is 33.6 Å². The van der Waals surface area contributed by atoms with Crippen LogP contribution in [0.2, 0.25) is 0 Å². The number of nitrogens with zero attached hydrogens (tertiary/aromatic N) is 5. The van der Waals surface area contributed by atoms with Gasteiger partial charge in [0.2, 0.25) is 11.8 Å². The third-order valence-electron chi connectivity index (χ3n) is 13.3. The first-order valence-electron chi connectivity index (χ1n) is 21.4. The fourth-order valence-electron chi connectivity index (χ4n) is 10.2. The molecule has 4 atom stereocenters. The highest BCUT2D eigenvalue weighted by Crippen LogP contribution is 2.38. The lowest BCUT2D eigenvalue weighted by molar-refractivity contribution is -0.142. The number of rotatable bonds is 11. The van der Waals surface area contributed by atoms with Crippen molar-refractivity contribution >= 4 is 17.9 Å². The summed E-state index contributed by atoms with van der Waals surface area (Å²) >= 11 is 0. The number of carbonyl (C=O) groups excluding carboxylic acids is 3. The van der Waals surface area contributed by atoms with Crippen LogP contribution in [0, 0.1) is 11.8 Å². The van der Waals surface area contributed by atoms with Crippen LogP contribution < -0.4 is 5.73 Å². The van der Waals surface area contributed by atoms with Crippen molar-refractivity contribution in [2.24, 2.45) is 17.6 Å². The van der Waals surface area contributed by atoms with Crippen molar-refractivity contribution in [3.8, 4) is 33.6 Å². The van der Waals surface area contributed by atoms with Crippen molar-refractivity contribution in [1.29, 1.82) is 0 Å². The van der Waals surface area contributed by atoms with Gasteiger partial charge in [0.05, 0.1) is 41.8 Å². The number of aromatic nitrogens is 4. The van der Waals surface area contributed by atoms with Gasteiger partial charge in [-0.05, 0) is 106 Å². The Morgan fingerprint density at radius 2 is 1.16 bits per heavy atom. The molecule has 0 radical (unpaired) electrons. The van der Waals surface area contributed by atoms with E-state index < -0.39 is 12.2 Å². The molecule has 2 aromatic carbocycles. The number of amides is 3. The lowest BCUT2D eigenvalue weighted by atomic mass is 9.84. The predicted molar refractivity (Wildman–Crippen MR) is 219 cm³/mol. The van der Waals surface area contributed by atoms with Crippen LogP contribution in [0.5, 0.6) is 0 Å². The molecule has 2 aliphatic heterocycles. The summed E-state index contributed by atoms with van der Waals surface area (Å²) in [7, 11) is 0. The minimum absolute atomic E-state index is 0.00836. The molecule has 2 aromatic heterocycles. The number of ether oxygens (including phenoxy) is 1. The Hall–Kier alpha value is -4.97. The molecule has 4 N–H and O–H groups in total. The van der Waals surface area contributed by atoms with E-state index in [9.17, 15) is 14.4 Å². The Kier molecular flexibility index (Phi) is 11.8. The molecular formula is C45H58N8O4. The van der Waals surface area contributed by atoms with E-state index in [1.807, 2.05) is 17.3 Å². The van der Waals surface area contributed by atoms with Gasteiger partial charge in [0.25, 0.3) is 0 Å². The Bertz CT molecular complexity index is 2000. The third-order valence-corrected chi connectivity index (χ3v) is 13.3. The van der Waals surface area contributed by atoms with E-state index in [0.29, 0.717) is 31.3 Å². The van der Waals surface area contributed by atoms with Gasteiger partial charge >= 0.3 is 6.09 Å². The Labute approximate surface area is 336 Å². The van der Waals surface area contributed by atoms with E-state index in [2.05, 4.69) is 82.1 Å². The highest BCUT2D eigenvalue weighted by Gasteiger charge is 2.41. The molecule has 0 spiro atoms. The SMILES string of the molecule is CCN(CC)[C@H]1CC[C@@H](C(=O)N2CCCC2c2ncc(-c3ccc(-c4ccc(-c5cnc(C6CCCN6C(=O)[C@H]6CCCC[C@H]6OC(N)=O)[nH]5)cc4)cc3)[nH]2)CC1. The van der Waals surface area contributed by atoms with Crippen molar-refractivity contribution in [3.63, 3.8) is 0 Å². The molecule has 2 unspecified atom stereocenters. The topological polar surface area (TPSA) is 154 Å². The Balaban J connectivity index is 0.885. The molecule has 4 aliphatic rings. The second-order valence-corrected chi connectivity index (χ2v) is 16.5. The molecule has 12 nitrogen and oxygen atoms in total. The molecule has 57 heavy (non-hydrogen) atoms. The van der Waals surface area contributed by atoms with Gasteiger partial charge in [0, 0.05) is 25.0 Å². The van der Waals surface area contributed by atoms with Crippen LogP contribution in [-0.2, 0) is 14.3 Å². The second kappa shape index (κ2) is 17.3. The predicted octanol–water partition coefficient (Wildman–Crippen LogP) is 8.02. The number of nitrogens with one attached hydrogen (secondary N) is 2. The number of benzene rings is 2. The minimum Gasteiger partial charge on any atom is -0.446 e. The van der Waals surface area contributed by atoms with Crippen molar-refractivity contribution < 1.29 is 19.1 Å². The van der Waals surface area contributed by atoms with E-state index in [1.54, 1.807) is 0 Å². The smallest absolute Gasteiger partial charge is 0.404 e. The molecule has 0 bridgehead atoms. The number of likely N-dealkylation sites (tertiary alicyclic amines) is 2. The van der Waals surface area contributed by atoms with Gasteiger partial charge in [0.1, 0.15) is 17.8 Å². The number of aromatic amines is 2. The van der Waals surface area contributed by atoms with Crippen LogP contribution in [0.3, 0.4) is 0 Å². The number of hydrogen-bond donors (Lipinski definition) is 3. The molecule has 8 rings (SSSR count). The third kappa shape index (κ3) is 8.24. The molecule has 4 heterocycles. The number of imidazole rings is 2. The Morgan fingerprint density at radius 1 is 0.667 bits per heavy atom. The first-order valence-corrected chi connectivity index (χ1v) is 21.4. The van der Waals surface area contributed by atoms with Crippen LogP contribution in [0.1, 0.15) is 115 Å². The fraction of sp³-hybridized carbons (Fsp3) is 0.533. The van der Waals surface area contributed by atoms with Crippen LogP contribution >= 0.6 is 0 Å². The van der Waals surface area contributed by atoms with E-state index in [-0.39, 0.29) is 29.8 Å². The standard InChI is InChI=1S/C45H58N8O4/c1-3-51(4-2)34-23-21-33(22-24-34)43(54)52-25-7-10-38(52)41-47-27-36(49-41)31-17-13-29(14-18-31)30-15-19-32(20-16-30)37-28-48-42(50-37)39-11-8-26-53(39)44(55)35-9-5-6-12-40(35)57-45(46)56/h13-20,27-28,33-35,38-40H,3-12,21-26H2,1-2H3,(H2,46,56)(H,47,49)(H,48,50)/t33-,34+,35-,38?,39?,40+/m0/s1. The van der Waals surface area contributed by atoms with Gasteiger partial charge < -0.3 is 35.1 Å². The van der Waals surface area contributed by atoms with Gasteiger partial charge in [0.15, 0.2) is 0 Å². The summed E-state index contributed by atoms with van der Waals surface area (Å²) in [5, 5.41) is 0. The summed E-state index contributed by atoms with van der Waals surface area (Å²) in [6.07, 6.45) is 13.5. The zero-order valence-electron chi connectivity index (χ0n) is 33.5. The summed E-state index contributed by atoms with van der Waals surface area (Å²) in [6, 6.07) is 17.4. The van der Waals surface area contributed by atoms with Crippen LogP contribution in [0.15, 0.2) is 60.9 Å². The molecule has 302 valence electrons. The summed E-state index contributed by atoms with van der Waals surface area (Å²) in [4.78, 5) is 62.2. The molecule has 12 heteroatoms. The lowest BCUT2D eigenvalue weighted by Gasteiger charge is -2.37. The van der Waals surface area contributed by atoms with Crippen LogP contribution in [0.4, 0.5) is 4.79 Å². The average Bonchev–Trinajstić information content (AvgIpc) is 4.09. The van der Waals surface area contributed by atoms with Gasteiger partial charge in [-0.25, -0.2) is 14.8 Å². The monoisotopic (exact) mass is 774 g/mol. The summed E-state index contributed by atoms with van der Waals surface area (Å²) in [5.41, 5.74) is 11.5. The highest BCUT2D eigenvalue weighted by atomic mass is 16.6. The van der Waals surface area contributed by atoms with E-state index in [4.69, 9.17) is 20.4 Å². The van der Waals surface area contributed by atoms with E-state index in [0.717, 1.165) is 129 Å². The molecule has 2 saturated heterocycles. The van der Waals surface area contributed by atoms with Gasteiger partial charge in [-0.2, -0.15) is 0 Å². The van der Waals surface area contributed by atoms with Gasteiger partial charge in [-0.1, -0.05) is 68.8 Å². The van der Waals surface area contributed by atoms with Crippen molar-refractivity contribution in [3.05, 3.63) is 72.6 Å². The first kappa shape index (κ1) is 38.9. The zero-order chi connectivity index (χ0) is 39.5. The van der Waals surface area contributed by atoms with Crippen molar-refractivity contribution in [2.45, 2.75) is 115 Å². The normalized spacial score (nSPS) is 25.2. The summed E-state index contributed by atoms with van der Waals surface area (Å²) in [5.74, 6) is 1.76. The lowest BCUT2D eigenvalue weighted by Crippen LogP contribution is -2.44. The molecule has 2 saturated carbocycles. The first-order chi connectivity index (χ1) is 27.8. The number of primary amides is 1. The number of H-pyrrole nitrogens is 2. The van der Waals surface area contributed by atoms with Gasteiger partial charge in [-0.3, -0.25) is 9.59 Å². The minimum atomic E-state index is -0.820. The molecule has 3 amide bonds. The fourth-order valence-corrected chi connectivity index (χ4v) is 10.2. The highest BCUT2D eigenvalue weighted by molar-refractivity contribution is 5.81. The number of hydrogen-bond acceptors (Lipinski definition) is 7. The largest absolute Gasteiger partial charge is 0.446 e. The second-order valence-electron chi connectivity index (χ2n) is 16.5. The van der Waals surface area contributed by atoms with Gasteiger partial charge in [-0.15, -0.1) is 0 Å². The van der Waals surface area contributed by atoms with Crippen molar-refractivity contribution in [2.75, 3.05) is 26.2 Å². The summed E-state index contributed by atoms with van der Waals surface area (Å²) < 4.78 is 5.36. The van der Waals surface area contributed by atoms with E-state index >= 15 is 0 Å². The maximum Gasteiger partial charge on any atom is 0.404 e. The maximum atomic E-state index is 13.8. The Morgan fingerprint density at radius 3 is 1.67 bits per heavy atom. The zero-order valence-corrected chi connectivity index (χ0v) is 33.5. The average molecular weight is 775 g/mol. The number of nitrogens with two attached hydrogens (primary N) is 1. The number of carbonyl (C=O) groups is 3. The van der Waals surface area contributed by atoms with Crippen molar-refractivity contribution in [1.82, 2.24) is 34.6 Å².